The van der Waals surface area contributed by atoms with Gasteiger partial charge in [0.05, 0.1) is 10.5 Å². The summed E-state index contributed by atoms with van der Waals surface area (Å²) in [4.78, 5) is 0. The minimum atomic E-state index is -0.471. The van der Waals surface area contributed by atoms with Crippen LogP contribution in [0.2, 0.25) is 0 Å². The van der Waals surface area contributed by atoms with Crippen molar-refractivity contribution < 1.29 is 8.78 Å². The molecule has 1 nitrogen and oxygen atoms in total. The van der Waals surface area contributed by atoms with E-state index >= 15 is 0 Å². The summed E-state index contributed by atoms with van der Waals surface area (Å²) in [6.45, 7) is 2.58. The molecule has 5 heteroatoms. The molecule has 0 fully saturated rings. The van der Waals surface area contributed by atoms with Crippen LogP contribution in [0.4, 0.5) is 8.78 Å². The lowest BCUT2D eigenvalue weighted by Crippen LogP contribution is -2.23. The molecule has 1 atom stereocenters. The van der Waals surface area contributed by atoms with Crippen molar-refractivity contribution in [1.29, 1.82) is 0 Å². The Labute approximate surface area is 133 Å². The van der Waals surface area contributed by atoms with Crippen molar-refractivity contribution in [1.82, 2.24) is 5.32 Å². The van der Waals surface area contributed by atoms with Gasteiger partial charge in [0.15, 0.2) is 0 Å². The lowest BCUT2D eigenvalue weighted by Gasteiger charge is -2.20. The highest BCUT2D eigenvalue weighted by molar-refractivity contribution is 9.10. The van der Waals surface area contributed by atoms with Crippen LogP contribution in [-0.2, 0) is 0 Å². The summed E-state index contributed by atoms with van der Waals surface area (Å²) in [6, 6.07) is 9.55. The van der Waals surface area contributed by atoms with Gasteiger partial charge in [-0.1, -0.05) is 35.0 Å². The fraction of sp³-hybridized carbons (Fsp3) is 0.200. The highest BCUT2D eigenvalue weighted by atomic mass is 79.9. The Hall–Kier alpha value is -0.780. The molecule has 0 aliphatic heterocycles. The number of rotatable bonds is 4. The van der Waals surface area contributed by atoms with E-state index in [1.54, 1.807) is 0 Å². The highest BCUT2D eigenvalue weighted by Gasteiger charge is 2.19. The lowest BCUT2D eigenvalue weighted by molar-refractivity contribution is 0.542. The maximum absolute atomic E-state index is 14.1. The van der Waals surface area contributed by atoms with Gasteiger partial charge in [-0.3, -0.25) is 0 Å². The summed E-state index contributed by atoms with van der Waals surface area (Å²) in [5, 5.41) is 3.18. The topological polar surface area (TPSA) is 12.0 Å². The van der Waals surface area contributed by atoms with Gasteiger partial charge in [-0.05, 0) is 52.3 Å². The van der Waals surface area contributed by atoms with Gasteiger partial charge in [0.25, 0.3) is 0 Å². The molecule has 0 spiro atoms. The second-order valence-electron chi connectivity index (χ2n) is 4.33. The molecular formula is C15H13Br2F2N. The molecule has 2 aromatic rings. The average Bonchev–Trinajstić information content (AvgIpc) is 2.42. The second kappa shape index (κ2) is 6.78. The van der Waals surface area contributed by atoms with Crippen LogP contribution in [0.25, 0.3) is 0 Å². The van der Waals surface area contributed by atoms with E-state index in [2.05, 4.69) is 37.2 Å². The van der Waals surface area contributed by atoms with Crippen LogP contribution in [0.15, 0.2) is 45.3 Å². The molecule has 0 aliphatic rings. The van der Waals surface area contributed by atoms with Crippen LogP contribution < -0.4 is 5.32 Å². The number of nitrogens with one attached hydrogen (secondary N) is 1. The van der Waals surface area contributed by atoms with Crippen molar-refractivity contribution in [3.8, 4) is 0 Å². The third-order valence-corrected chi connectivity index (χ3v) is 4.10. The molecular weight excluding hydrogens is 392 g/mol. The third-order valence-electron chi connectivity index (χ3n) is 2.96. The van der Waals surface area contributed by atoms with Gasteiger partial charge in [0.1, 0.15) is 11.6 Å². The zero-order chi connectivity index (χ0) is 14.7. The maximum Gasteiger partial charge on any atom is 0.137 e. The fourth-order valence-corrected chi connectivity index (χ4v) is 2.61. The zero-order valence-electron chi connectivity index (χ0n) is 10.8. The van der Waals surface area contributed by atoms with E-state index < -0.39 is 11.6 Å². The predicted molar refractivity (Wildman–Crippen MR) is 83.7 cm³/mol. The van der Waals surface area contributed by atoms with E-state index in [1.807, 2.05) is 31.2 Å². The first-order valence-corrected chi connectivity index (χ1v) is 7.74. The monoisotopic (exact) mass is 403 g/mol. The molecule has 2 rings (SSSR count). The molecule has 0 amide bonds. The van der Waals surface area contributed by atoms with Gasteiger partial charge in [-0.15, -0.1) is 0 Å². The molecule has 0 aliphatic carbocycles. The van der Waals surface area contributed by atoms with E-state index in [-0.39, 0.29) is 10.5 Å². The minimum Gasteiger partial charge on any atom is -0.306 e. The molecule has 0 bridgehead atoms. The molecule has 106 valence electrons. The fourth-order valence-electron chi connectivity index (χ4n) is 2.03. The van der Waals surface area contributed by atoms with Gasteiger partial charge in [0, 0.05) is 10.0 Å². The molecule has 20 heavy (non-hydrogen) atoms. The van der Waals surface area contributed by atoms with Gasteiger partial charge < -0.3 is 5.32 Å². The molecule has 1 unspecified atom stereocenters. The van der Waals surface area contributed by atoms with Crippen LogP contribution in [0.1, 0.15) is 24.1 Å². The molecule has 0 saturated carbocycles. The summed E-state index contributed by atoms with van der Waals surface area (Å²) in [6.07, 6.45) is 0. The third kappa shape index (κ3) is 3.45. The first-order chi connectivity index (χ1) is 9.52. The number of halogens is 4. The first kappa shape index (κ1) is 15.6. The van der Waals surface area contributed by atoms with Crippen molar-refractivity contribution >= 4 is 31.9 Å². The Balaban J connectivity index is 2.48. The Morgan fingerprint density at radius 2 is 1.70 bits per heavy atom. The van der Waals surface area contributed by atoms with E-state index in [9.17, 15) is 8.78 Å². The molecule has 0 saturated heterocycles. The summed E-state index contributed by atoms with van der Waals surface area (Å²) >= 11 is 6.36. The molecule has 0 aromatic heterocycles. The summed E-state index contributed by atoms with van der Waals surface area (Å²) in [7, 11) is 0. The van der Waals surface area contributed by atoms with Crippen LogP contribution >= 0.6 is 31.9 Å². The van der Waals surface area contributed by atoms with Crippen LogP contribution in [0.3, 0.4) is 0 Å². The Morgan fingerprint density at radius 1 is 1.05 bits per heavy atom. The Bertz CT molecular complexity index is 600. The summed E-state index contributed by atoms with van der Waals surface area (Å²) in [5.41, 5.74) is 1.19. The molecule has 1 N–H and O–H groups in total. The summed E-state index contributed by atoms with van der Waals surface area (Å²) in [5.74, 6) is -0.909. The first-order valence-electron chi connectivity index (χ1n) is 6.16. The van der Waals surface area contributed by atoms with Crippen molar-refractivity contribution in [3.05, 3.63) is 68.1 Å². The van der Waals surface area contributed by atoms with Gasteiger partial charge >= 0.3 is 0 Å². The molecule has 0 heterocycles. The predicted octanol–water partition coefficient (Wildman–Crippen LogP) is 5.19. The van der Waals surface area contributed by atoms with E-state index in [4.69, 9.17) is 0 Å². The second-order valence-corrected chi connectivity index (χ2v) is 6.10. The van der Waals surface area contributed by atoms with Gasteiger partial charge in [-0.2, -0.15) is 0 Å². The minimum absolute atomic E-state index is 0.129. The number of hydrogen-bond acceptors (Lipinski definition) is 1. The van der Waals surface area contributed by atoms with Crippen molar-refractivity contribution in [2.45, 2.75) is 13.0 Å². The molecule has 0 radical (unpaired) electrons. The van der Waals surface area contributed by atoms with E-state index in [1.165, 1.54) is 6.07 Å². The number of benzene rings is 2. The van der Waals surface area contributed by atoms with Crippen molar-refractivity contribution in [2.75, 3.05) is 6.54 Å². The van der Waals surface area contributed by atoms with E-state index in [0.29, 0.717) is 12.1 Å². The highest BCUT2D eigenvalue weighted by Crippen LogP contribution is 2.29. The van der Waals surface area contributed by atoms with Crippen LogP contribution in [0.5, 0.6) is 0 Å². The maximum atomic E-state index is 14.1. The quantitative estimate of drug-likeness (QED) is 0.691. The standard InChI is InChI=1S/C15H13Br2F2N/c1-2-20-15(9-3-5-10(16)6-4-9)11-7-14(19)12(17)8-13(11)18/h3-8,15,20H,2H2,1H3. The van der Waals surface area contributed by atoms with E-state index in [0.717, 1.165) is 16.1 Å². The normalized spacial score (nSPS) is 12.4. The van der Waals surface area contributed by atoms with Crippen molar-refractivity contribution in [2.24, 2.45) is 0 Å². The Kier molecular flexibility index (Phi) is 5.29. The zero-order valence-corrected chi connectivity index (χ0v) is 13.9. The lowest BCUT2D eigenvalue weighted by atomic mass is 9.98. The number of hydrogen-bond donors (Lipinski definition) is 1. The van der Waals surface area contributed by atoms with Crippen molar-refractivity contribution in [3.63, 3.8) is 0 Å². The van der Waals surface area contributed by atoms with Crippen LogP contribution in [0, 0.1) is 11.6 Å². The van der Waals surface area contributed by atoms with Gasteiger partial charge in [0.2, 0.25) is 0 Å². The summed E-state index contributed by atoms with van der Waals surface area (Å²) < 4.78 is 28.9. The van der Waals surface area contributed by atoms with Gasteiger partial charge in [-0.25, -0.2) is 8.78 Å². The largest absolute Gasteiger partial charge is 0.306 e. The molecule has 2 aromatic carbocycles. The SMILES string of the molecule is CCNC(c1ccc(Br)cc1)c1cc(F)c(Br)cc1F. The Morgan fingerprint density at radius 3 is 2.30 bits per heavy atom. The smallest absolute Gasteiger partial charge is 0.137 e. The average molecular weight is 405 g/mol. The van der Waals surface area contributed by atoms with Crippen LogP contribution in [-0.4, -0.2) is 6.54 Å².